The van der Waals surface area contributed by atoms with Crippen LogP contribution in [0.25, 0.3) is 0 Å². The first-order chi connectivity index (χ1) is 9.11. The van der Waals surface area contributed by atoms with E-state index >= 15 is 0 Å². The summed E-state index contributed by atoms with van der Waals surface area (Å²) in [4.78, 5) is 11.2. The van der Waals surface area contributed by atoms with Gasteiger partial charge < -0.3 is 10.2 Å². The van der Waals surface area contributed by atoms with Gasteiger partial charge in [0, 0.05) is 19.1 Å². The Balaban J connectivity index is 2.19. The molecule has 0 radical (unpaired) electrons. The monoisotopic (exact) mass is 282 g/mol. The van der Waals surface area contributed by atoms with Crippen LogP contribution in [0.15, 0.2) is 6.20 Å². The van der Waals surface area contributed by atoms with Gasteiger partial charge in [0.1, 0.15) is 5.02 Å². The topological polar surface area (TPSA) is 41.1 Å². The lowest BCUT2D eigenvalue weighted by Gasteiger charge is -2.26. The number of hydrogen-bond donors (Lipinski definition) is 1. The van der Waals surface area contributed by atoms with E-state index in [1.54, 1.807) is 6.20 Å². The quantitative estimate of drug-likeness (QED) is 0.830. The Kier molecular flexibility index (Phi) is 4.86. The molecule has 1 aliphatic rings. The van der Waals surface area contributed by atoms with Gasteiger partial charge in [-0.2, -0.15) is 4.98 Å². The number of halogens is 1. The molecule has 2 rings (SSSR count). The molecular formula is C14H23ClN4. The molecule has 1 aromatic heterocycles. The van der Waals surface area contributed by atoms with Crippen molar-refractivity contribution in [2.45, 2.75) is 46.1 Å². The van der Waals surface area contributed by atoms with Gasteiger partial charge in [-0.05, 0) is 25.2 Å². The van der Waals surface area contributed by atoms with Crippen LogP contribution in [-0.4, -0.2) is 29.1 Å². The molecule has 0 bridgehead atoms. The lowest BCUT2D eigenvalue weighted by Crippen LogP contribution is -2.31. The minimum atomic E-state index is 0.596. The first kappa shape index (κ1) is 14.4. The fraction of sp³-hybridized carbons (Fsp3) is 0.714. The molecule has 0 aliphatic heterocycles. The van der Waals surface area contributed by atoms with Crippen LogP contribution in [0.1, 0.15) is 40.0 Å². The normalized spacial score (nSPS) is 14.8. The third-order valence-electron chi connectivity index (χ3n) is 3.08. The van der Waals surface area contributed by atoms with E-state index in [4.69, 9.17) is 11.6 Å². The highest BCUT2D eigenvalue weighted by Gasteiger charge is 2.31. The van der Waals surface area contributed by atoms with E-state index in [1.807, 2.05) is 0 Å². The largest absolute Gasteiger partial charge is 0.354 e. The highest BCUT2D eigenvalue weighted by Crippen LogP contribution is 2.35. The molecule has 0 saturated heterocycles. The van der Waals surface area contributed by atoms with Gasteiger partial charge in [0.15, 0.2) is 5.82 Å². The molecule has 0 aromatic carbocycles. The highest BCUT2D eigenvalue weighted by molar-refractivity contribution is 6.32. The van der Waals surface area contributed by atoms with Crippen molar-refractivity contribution < 1.29 is 0 Å². The summed E-state index contributed by atoms with van der Waals surface area (Å²) in [6.07, 6.45) is 5.24. The predicted molar refractivity (Wildman–Crippen MR) is 81.0 cm³/mol. The molecular weight excluding hydrogens is 260 g/mol. The van der Waals surface area contributed by atoms with Crippen LogP contribution in [-0.2, 0) is 0 Å². The number of nitrogens with zero attached hydrogens (tertiary/aromatic N) is 3. The van der Waals surface area contributed by atoms with Crippen LogP contribution in [0.5, 0.6) is 0 Å². The Bertz CT molecular complexity index is 418. The Hall–Kier alpha value is -1.03. The summed E-state index contributed by atoms with van der Waals surface area (Å²) in [5.41, 5.74) is 0. The van der Waals surface area contributed by atoms with E-state index in [1.165, 1.54) is 12.8 Å². The maximum atomic E-state index is 6.29. The van der Waals surface area contributed by atoms with Crippen LogP contribution >= 0.6 is 11.6 Å². The Morgan fingerprint density at radius 2 is 2.21 bits per heavy atom. The van der Waals surface area contributed by atoms with Crippen LogP contribution < -0.4 is 10.2 Å². The van der Waals surface area contributed by atoms with E-state index in [0.717, 1.165) is 25.3 Å². The van der Waals surface area contributed by atoms with Crippen molar-refractivity contribution in [3.63, 3.8) is 0 Å². The molecule has 1 saturated carbocycles. The maximum absolute atomic E-state index is 6.29. The molecule has 106 valence electrons. The highest BCUT2D eigenvalue weighted by atomic mass is 35.5. The Morgan fingerprint density at radius 1 is 1.47 bits per heavy atom. The first-order valence-electron chi connectivity index (χ1n) is 7.14. The average Bonchev–Trinajstić information content (AvgIpc) is 3.19. The second-order valence-corrected chi connectivity index (χ2v) is 5.98. The maximum Gasteiger partial charge on any atom is 0.224 e. The number of nitrogens with one attached hydrogen (secondary N) is 1. The molecule has 5 heteroatoms. The van der Waals surface area contributed by atoms with Crippen LogP contribution in [0, 0.1) is 5.92 Å². The molecule has 1 fully saturated rings. The third kappa shape index (κ3) is 3.96. The molecule has 19 heavy (non-hydrogen) atoms. The summed E-state index contributed by atoms with van der Waals surface area (Å²) in [7, 11) is 0. The zero-order chi connectivity index (χ0) is 13.8. The second kappa shape index (κ2) is 6.42. The number of anilines is 2. The van der Waals surface area contributed by atoms with Crippen molar-refractivity contribution >= 4 is 23.4 Å². The Morgan fingerprint density at radius 3 is 2.79 bits per heavy atom. The van der Waals surface area contributed by atoms with Crippen molar-refractivity contribution in [2.75, 3.05) is 23.3 Å². The molecule has 0 atom stereocenters. The van der Waals surface area contributed by atoms with Crippen LogP contribution in [0.3, 0.4) is 0 Å². The zero-order valence-electron chi connectivity index (χ0n) is 12.0. The predicted octanol–water partition coefficient (Wildman–Crippen LogP) is 3.58. The molecule has 1 N–H and O–H groups in total. The zero-order valence-corrected chi connectivity index (χ0v) is 12.7. The summed E-state index contributed by atoms with van der Waals surface area (Å²) in [6, 6.07) is 0.605. The van der Waals surface area contributed by atoms with Gasteiger partial charge in [0.2, 0.25) is 5.95 Å². The summed E-state index contributed by atoms with van der Waals surface area (Å²) in [6.45, 7) is 8.45. The van der Waals surface area contributed by atoms with E-state index in [0.29, 0.717) is 22.9 Å². The van der Waals surface area contributed by atoms with Gasteiger partial charge in [-0.3, -0.25) is 0 Å². The molecule has 1 heterocycles. The van der Waals surface area contributed by atoms with E-state index in [9.17, 15) is 0 Å². The van der Waals surface area contributed by atoms with Gasteiger partial charge in [-0.25, -0.2) is 4.98 Å². The van der Waals surface area contributed by atoms with Gasteiger partial charge in [0.05, 0.1) is 6.20 Å². The number of aromatic nitrogens is 2. The standard InChI is InChI=1S/C14H23ClN4/c1-4-7-16-14-17-8-12(15)13(18-14)19(9-10(2)3)11-5-6-11/h8,10-11H,4-7,9H2,1-3H3,(H,16,17,18). The van der Waals surface area contributed by atoms with Gasteiger partial charge >= 0.3 is 0 Å². The summed E-state index contributed by atoms with van der Waals surface area (Å²) in [5.74, 6) is 2.15. The minimum Gasteiger partial charge on any atom is -0.354 e. The van der Waals surface area contributed by atoms with E-state index < -0.39 is 0 Å². The average molecular weight is 283 g/mol. The smallest absolute Gasteiger partial charge is 0.224 e. The fourth-order valence-corrected chi connectivity index (χ4v) is 2.27. The van der Waals surface area contributed by atoms with Crippen molar-refractivity contribution in [1.29, 1.82) is 0 Å². The molecule has 0 spiro atoms. The van der Waals surface area contributed by atoms with Gasteiger partial charge in [-0.1, -0.05) is 32.4 Å². The number of hydrogen-bond acceptors (Lipinski definition) is 4. The molecule has 1 aromatic rings. The second-order valence-electron chi connectivity index (χ2n) is 5.57. The van der Waals surface area contributed by atoms with Crippen molar-refractivity contribution in [2.24, 2.45) is 5.92 Å². The summed E-state index contributed by atoms with van der Waals surface area (Å²) < 4.78 is 0. The minimum absolute atomic E-state index is 0.596. The first-order valence-corrected chi connectivity index (χ1v) is 7.52. The lowest BCUT2D eigenvalue weighted by atomic mass is 10.2. The summed E-state index contributed by atoms with van der Waals surface area (Å²) >= 11 is 6.29. The van der Waals surface area contributed by atoms with Crippen molar-refractivity contribution in [3.8, 4) is 0 Å². The summed E-state index contributed by atoms with van der Waals surface area (Å²) in [5, 5.41) is 3.87. The molecule has 1 aliphatic carbocycles. The molecule has 0 amide bonds. The van der Waals surface area contributed by atoms with Crippen LogP contribution in [0.2, 0.25) is 5.02 Å². The fourth-order valence-electron chi connectivity index (χ4n) is 2.07. The molecule has 0 unspecified atom stereocenters. The van der Waals surface area contributed by atoms with Crippen LogP contribution in [0.4, 0.5) is 11.8 Å². The van der Waals surface area contributed by atoms with E-state index in [-0.39, 0.29) is 0 Å². The third-order valence-corrected chi connectivity index (χ3v) is 3.35. The van der Waals surface area contributed by atoms with Crippen molar-refractivity contribution in [3.05, 3.63) is 11.2 Å². The Labute approximate surface area is 120 Å². The van der Waals surface area contributed by atoms with Crippen molar-refractivity contribution in [1.82, 2.24) is 9.97 Å². The van der Waals surface area contributed by atoms with E-state index in [2.05, 4.69) is 41.0 Å². The number of rotatable bonds is 7. The SMILES string of the molecule is CCCNc1ncc(Cl)c(N(CC(C)C)C2CC2)n1. The van der Waals surface area contributed by atoms with Gasteiger partial charge in [0.25, 0.3) is 0 Å². The lowest BCUT2D eigenvalue weighted by molar-refractivity contribution is 0.602. The van der Waals surface area contributed by atoms with Gasteiger partial charge in [-0.15, -0.1) is 0 Å². The molecule has 4 nitrogen and oxygen atoms in total.